The maximum atomic E-state index is 9.63. The Morgan fingerprint density at radius 1 is 1.00 bits per heavy atom. The molecule has 0 heterocycles. The Hall–Kier alpha value is 0.260. The normalized spacial score (nSPS) is 11.8. The Labute approximate surface area is 69.9 Å². The zero-order valence-corrected chi connectivity index (χ0v) is 8.40. The first-order valence-electron chi connectivity index (χ1n) is 2.94. The molecule has 0 aromatic rings. The molecular formula is C3H12O7P2. The lowest BCUT2D eigenvalue weighted by Gasteiger charge is -2.03. The van der Waals surface area contributed by atoms with Gasteiger partial charge in [0, 0.05) is 0 Å². The molecule has 0 bridgehead atoms. The Morgan fingerprint density at radius 2 is 1.17 bits per heavy atom. The van der Waals surface area contributed by atoms with Gasteiger partial charge in [0.15, 0.2) is 0 Å². The van der Waals surface area contributed by atoms with Gasteiger partial charge in [0.1, 0.15) is 0 Å². The minimum Gasteiger partial charge on any atom is -0.302 e. The summed E-state index contributed by atoms with van der Waals surface area (Å²) >= 11 is 0. The molecule has 12 heavy (non-hydrogen) atoms. The molecule has 4 N–H and O–H groups in total. The SMILES string of the molecule is CCC.O=P(O)(O)OP(=O)(O)O. The first kappa shape index (κ1) is 14.8. The summed E-state index contributed by atoms with van der Waals surface area (Å²) in [6.45, 7) is 4.25. The fourth-order valence-corrected chi connectivity index (χ4v) is 1.25. The summed E-state index contributed by atoms with van der Waals surface area (Å²) in [5.74, 6) is 0. The minimum absolute atomic E-state index is 1.25. The first-order valence-corrected chi connectivity index (χ1v) is 6.01. The van der Waals surface area contributed by atoms with Gasteiger partial charge < -0.3 is 19.6 Å². The first-order chi connectivity index (χ1) is 5.12. The van der Waals surface area contributed by atoms with E-state index in [1.54, 1.807) is 0 Å². The highest BCUT2D eigenvalue weighted by atomic mass is 31.3. The van der Waals surface area contributed by atoms with Gasteiger partial charge in [0.2, 0.25) is 0 Å². The largest absolute Gasteiger partial charge is 0.478 e. The number of phosphoric acid groups is 2. The molecule has 0 spiro atoms. The van der Waals surface area contributed by atoms with Crippen molar-refractivity contribution in [2.24, 2.45) is 0 Å². The highest BCUT2D eigenvalue weighted by Gasteiger charge is 2.27. The Bertz CT molecular complexity index is 169. The zero-order valence-electron chi connectivity index (χ0n) is 6.62. The lowest BCUT2D eigenvalue weighted by atomic mass is 10.6. The summed E-state index contributed by atoms with van der Waals surface area (Å²) in [5.41, 5.74) is 0. The van der Waals surface area contributed by atoms with Crippen LogP contribution in [0.25, 0.3) is 0 Å². The van der Waals surface area contributed by atoms with Crippen molar-refractivity contribution in [3.05, 3.63) is 0 Å². The van der Waals surface area contributed by atoms with Crippen LogP contribution in [0.2, 0.25) is 0 Å². The van der Waals surface area contributed by atoms with Crippen LogP contribution >= 0.6 is 15.6 Å². The average Bonchev–Trinajstić information content (AvgIpc) is 1.53. The zero-order chi connectivity index (χ0) is 10.4. The molecule has 0 aromatic heterocycles. The van der Waals surface area contributed by atoms with E-state index in [4.69, 9.17) is 19.6 Å². The maximum Gasteiger partial charge on any atom is 0.478 e. The van der Waals surface area contributed by atoms with E-state index >= 15 is 0 Å². The highest BCUT2D eigenvalue weighted by Crippen LogP contribution is 2.53. The molecule has 7 nitrogen and oxygen atoms in total. The standard InChI is InChI=1S/C3H8.H4O7P2/c1-3-2;1-8(2,3)7-9(4,5)6/h3H2,1-2H3;(H2,1,2,3)(H2,4,5,6). The van der Waals surface area contributed by atoms with Gasteiger partial charge in [-0.3, -0.25) is 0 Å². The molecule has 9 heteroatoms. The molecular weight excluding hydrogens is 210 g/mol. The average molecular weight is 222 g/mol. The molecule has 0 aliphatic heterocycles. The Morgan fingerprint density at radius 3 is 1.17 bits per heavy atom. The second-order valence-electron chi connectivity index (χ2n) is 1.77. The van der Waals surface area contributed by atoms with Gasteiger partial charge in [-0.05, 0) is 0 Å². The molecule has 0 aliphatic rings. The van der Waals surface area contributed by atoms with Gasteiger partial charge >= 0.3 is 15.6 Å². The van der Waals surface area contributed by atoms with E-state index < -0.39 is 15.6 Å². The third-order valence-corrected chi connectivity index (χ3v) is 1.91. The predicted molar refractivity (Wildman–Crippen MR) is 41.1 cm³/mol. The molecule has 0 unspecified atom stereocenters. The third kappa shape index (κ3) is 22.5. The van der Waals surface area contributed by atoms with Crippen LogP contribution in [0.15, 0.2) is 0 Å². The number of hydrogen-bond donors (Lipinski definition) is 4. The topological polar surface area (TPSA) is 124 Å². The molecule has 0 amide bonds. The highest BCUT2D eigenvalue weighted by molar-refractivity contribution is 7.60. The van der Waals surface area contributed by atoms with Gasteiger partial charge in [-0.1, -0.05) is 20.3 Å². The smallest absolute Gasteiger partial charge is 0.302 e. The van der Waals surface area contributed by atoms with Crippen molar-refractivity contribution in [1.82, 2.24) is 0 Å². The summed E-state index contributed by atoms with van der Waals surface area (Å²) in [4.78, 5) is 31.0. The number of rotatable bonds is 2. The van der Waals surface area contributed by atoms with Gasteiger partial charge in [0.25, 0.3) is 0 Å². The van der Waals surface area contributed by atoms with E-state index in [-0.39, 0.29) is 0 Å². The van der Waals surface area contributed by atoms with Crippen LogP contribution in [0.1, 0.15) is 20.3 Å². The van der Waals surface area contributed by atoms with Crippen LogP contribution in [0, 0.1) is 0 Å². The van der Waals surface area contributed by atoms with Gasteiger partial charge in [-0.2, -0.15) is 4.31 Å². The minimum atomic E-state index is -5.05. The molecule has 0 atom stereocenters. The van der Waals surface area contributed by atoms with E-state index in [0.717, 1.165) is 0 Å². The summed E-state index contributed by atoms with van der Waals surface area (Å²) in [7, 11) is -10.1. The van der Waals surface area contributed by atoms with E-state index in [1.165, 1.54) is 6.42 Å². The molecule has 0 saturated carbocycles. The lowest BCUT2D eigenvalue weighted by molar-refractivity contribution is 0.225. The molecule has 0 aliphatic carbocycles. The molecule has 0 rings (SSSR count). The van der Waals surface area contributed by atoms with E-state index in [2.05, 4.69) is 18.2 Å². The van der Waals surface area contributed by atoms with Crippen LogP contribution in [-0.4, -0.2) is 19.6 Å². The van der Waals surface area contributed by atoms with Gasteiger partial charge in [0.05, 0.1) is 0 Å². The quantitative estimate of drug-likeness (QED) is 0.504. The van der Waals surface area contributed by atoms with Crippen molar-refractivity contribution in [1.29, 1.82) is 0 Å². The van der Waals surface area contributed by atoms with Crippen molar-refractivity contribution >= 4 is 15.6 Å². The van der Waals surface area contributed by atoms with E-state index in [1.807, 2.05) is 0 Å². The lowest BCUT2D eigenvalue weighted by Crippen LogP contribution is -1.84. The second-order valence-corrected chi connectivity index (χ2v) is 4.39. The van der Waals surface area contributed by atoms with Crippen molar-refractivity contribution in [3.63, 3.8) is 0 Å². The van der Waals surface area contributed by atoms with Crippen molar-refractivity contribution in [2.45, 2.75) is 20.3 Å². The molecule has 76 valence electrons. The molecule has 0 radical (unpaired) electrons. The molecule has 0 saturated heterocycles. The molecule has 0 aromatic carbocycles. The van der Waals surface area contributed by atoms with Crippen LogP contribution in [0.4, 0.5) is 0 Å². The van der Waals surface area contributed by atoms with Crippen LogP contribution in [0.5, 0.6) is 0 Å². The third-order valence-electron chi connectivity index (χ3n) is 0.213. The Kier molecular flexibility index (Phi) is 7.17. The van der Waals surface area contributed by atoms with Crippen molar-refractivity contribution < 1.29 is 33.0 Å². The van der Waals surface area contributed by atoms with Crippen LogP contribution < -0.4 is 0 Å². The fraction of sp³-hybridized carbons (Fsp3) is 1.00. The maximum absolute atomic E-state index is 9.63. The number of hydrogen-bond acceptors (Lipinski definition) is 3. The summed E-state index contributed by atoms with van der Waals surface area (Å²) in [6.07, 6.45) is 1.25. The van der Waals surface area contributed by atoms with Gasteiger partial charge in [-0.25, -0.2) is 9.13 Å². The van der Waals surface area contributed by atoms with E-state index in [0.29, 0.717) is 0 Å². The van der Waals surface area contributed by atoms with E-state index in [9.17, 15) is 9.13 Å². The van der Waals surface area contributed by atoms with Crippen molar-refractivity contribution in [3.8, 4) is 0 Å². The summed E-state index contributed by atoms with van der Waals surface area (Å²) in [5, 5.41) is 0. The van der Waals surface area contributed by atoms with Crippen LogP contribution in [0.3, 0.4) is 0 Å². The van der Waals surface area contributed by atoms with Crippen molar-refractivity contribution in [2.75, 3.05) is 0 Å². The summed E-state index contributed by atoms with van der Waals surface area (Å²) in [6, 6.07) is 0. The second kappa shape index (κ2) is 5.83. The summed E-state index contributed by atoms with van der Waals surface area (Å²) < 4.78 is 22.2. The fourth-order valence-electron chi connectivity index (χ4n) is 0.139. The molecule has 0 fully saturated rings. The van der Waals surface area contributed by atoms with Crippen LogP contribution in [-0.2, 0) is 13.4 Å². The Balaban J connectivity index is 0. The predicted octanol–water partition coefficient (Wildman–Crippen LogP) is 0.605. The van der Waals surface area contributed by atoms with Gasteiger partial charge in [-0.15, -0.1) is 0 Å². The monoisotopic (exact) mass is 222 g/mol.